The first-order chi connectivity index (χ1) is 14.4. The van der Waals surface area contributed by atoms with Crippen LogP contribution in [0.5, 0.6) is 0 Å². The zero-order valence-corrected chi connectivity index (χ0v) is 15.5. The normalized spacial score (nSPS) is 15.0. The average Bonchev–Trinajstić information content (AvgIpc) is 3.30. The molecule has 2 heterocycles. The molecule has 1 aliphatic rings. The quantitative estimate of drug-likeness (QED) is 0.520. The maximum atomic E-state index is 13.9. The average molecular weight is 404 g/mol. The molecule has 30 heavy (non-hydrogen) atoms. The van der Waals surface area contributed by atoms with Gasteiger partial charge in [-0.05, 0) is 42.0 Å². The molecule has 0 spiro atoms. The molecule has 7 nitrogen and oxygen atoms in total. The van der Waals surface area contributed by atoms with E-state index in [2.05, 4.69) is 5.32 Å². The van der Waals surface area contributed by atoms with Crippen LogP contribution in [0, 0.1) is 5.82 Å². The molecular weight excluding hydrogens is 389 g/mol. The van der Waals surface area contributed by atoms with Gasteiger partial charge in [-0.2, -0.15) is 0 Å². The third-order valence-corrected chi connectivity index (χ3v) is 4.68. The van der Waals surface area contributed by atoms with Crippen LogP contribution in [-0.4, -0.2) is 27.4 Å². The molecule has 0 unspecified atom stereocenters. The van der Waals surface area contributed by atoms with E-state index in [4.69, 9.17) is 0 Å². The molecule has 1 aliphatic heterocycles. The zero-order chi connectivity index (χ0) is 21.3. The highest BCUT2D eigenvalue weighted by atomic mass is 19.1. The van der Waals surface area contributed by atoms with Gasteiger partial charge < -0.3 is 19.8 Å². The largest absolute Gasteiger partial charge is 0.545 e. The predicted octanol–water partition coefficient (Wildman–Crippen LogP) is 2.07. The van der Waals surface area contributed by atoms with Gasteiger partial charge in [-0.25, -0.2) is 9.18 Å². The topological polar surface area (TPSA) is 94.5 Å². The van der Waals surface area contributed by atoms with E-state index in [0.717, 1.165) is 4.90 Å². The van der Waals surface area contributed by atoms with Crippen molar-refractivity contribution < 1.29 is 23.9 Å². The molecule has 0 aliphatic carbocycles. The van der Waals surface area contributed by atoms with E-state index in [0.29, 0.717) is 11.4 Å². The van der Waals surface area contributed by atoms with Gasteiger partial charge in [0.2, 0.25) is 0 Å². The minimum Gasteiger partial charge on any atom is -0.545 e. The van der Waals surface area contributed by atoms with Gasteiger partial charge in [0.25, 0.3) is 5.91 Å². The molecule has 1 N–H and O–H groups in total. The highest BCUT2D eigenvalue weighted by Crippen LogP contribution is 2.21. The van der Waals surface area contributed by atoms with Crippen molar-refractivity contribution in [3.8, 4) is 5.69 Å². The summed E-state index contributed by atoms with van der Waals surface area (Å²) in [5.41, 5.74) is 1.37. The first-order valence-electron chi connectivity index (χ1n) is 9.01. The summed E-state index contributed by atoms with van der Waals surface area (Å²) in [5.74, 6) is -2.39. The summed E-state index contributed by atoms with van der Waals surface area (Å²) in [6.07, 6.45) is 3.17. The second-order valence-corrected chi connectivity index (χ2v) is 6.61. The molecule has 2 aromatic carbocycles. The van der Waals surface area contributed by atoms with Crippen molar-refractivity contribution in [3.63, 3.8) is 0 Å². The van der Waals surface area contributed by atoms with E-state index in [1.54, 1.807) is 41.1 Å². The molecule has 0 radical (unpaired) electrons. The van der Waals surface area contributed by atoms with Crippen LogP contribution in [0.2, 0.25) is 0 Å². The summed E-state index contributed by atoms with van der Waals surface area (Å²) in [4.78, 5) is 37.0. The number of hydrogen-bond acceptors (Lipinski definition) is 4. The highest BCUT2D eigenvalue weighted by Gasteiger charge is 2.34. The number of aromatic nitrogens is 1. The summed E-state index contributed by atoms with van der Waals surface area (Å²) in [6, 6.07) is 14.8. The standard InChI is InChI=1S/C22H16FN3O4/c23-18-9-2-1-5-15(18)13-26-20(27)19(24-22(26)30)12-17-8-4-10-25(17)16-7-3-6-14(11-16)21(28)29/h1-12H,13H2,(H,24,30)(H,28,29)/p-1. The Morgan fingerprint density at radius 3 is 2.63 bits per heavy atom. The highest BCUT2D eigenvalue weighted by molar-refractivity contribution is 6.13. The Kier molecular flexibility index (Phi) is 4.89. The number of nitrogens with one attached hydrogen (secondary N) is 1. The van der Waals surface area contributed by atoms with Crippen LogP contribution in [0.25, 0.3) is 11.8 Å². The lowest BCUT2D eigenvalue weighted by Gasteiger charge is -2.12. The molecule has 1 saturated heterocycles. The Morgan fingerprint density at radius 2 is 1.87 bits per heavy atom. The lowest BCUT2D eigenvalue weighted by molar-refractivity contribution is -0.255. The first-order valence-corrected chi connectivity index (χ1v) is 9.01. The van der Waals surface area contributed by atoms with E-state index in [1.807, 2.05) is 0 Å². The maximum absolute atomic E-state index is 13.9. The summed E-state index contributed by atoms with van der Waals surface area (Å²) in [7, 11) is 0. The van der Waals surface area contributed by atoms with Crippen molar-refractivity contribution in [2.45, 2.75) is 6.54 Å². The van der Waals surface area contributed by atoms with Gasteiger partial charge in [0, 0.05) is 23.1 Å². The number of hydrogen-bond donors (Lipinski definition) is 1. The van der Waals surface area contributed by atoms with E-state index in [9.17, 15) is 23.9 Å². The number of carboxylic acid groups (broad SMARTS) is 1. The van der Waals surface area contributed by atoms with E-state index in [1.165, 1.54) is 36.4 Å². The predicted molar refractivity (Wildman–Crippen MR) is 104 cm³/mol. The van der Waals surface area contributed by atoms with E-state index < -0.39 is 23.7 Å². The van der Waals surface area contributed by atoms with Crippen LogP contribution in [0.15, 0.2) is 72.6 Å². The SMILES string of the molecule is O=C([O-])c1cccc(-n2cccc2C=C2NC(=O)N(Cc3ccccc3F)C2=O)c1. The van der Waals surface area contributed by atoms with Crippen LogP contribution < -0.4 is 10.4 Å². The number of carbonyl (C=O) groups is 3. The van der Waals surface area contributed by atoms with Crippen molar-refractivity contribution in [1.82, 2.24) is 14.8 Å². The first kappa shape index (κ1) is 19.1. The third kappa shape index (κ3) is 3.58. The Balaban J connectivity index is 1.63. The van der Waals surface area contributed by atoms with E-state index >= 15 is 0 Å². The number of carboxylic acids is 1. The molecule has 0 saturated carbocycles. The minimum absolute atomic E-state index is 0.0149. The number of halogens is 1. The fraction of sp³-hybridized carbons (Fsp3) is 0.0455. The van der Waals surface area contributed by atoms with Gasteiger partial charge in [-0.15, -0.1) is 0 Å². The zero-order valence-electron chi connectivity index (χ0n) is 15.5. The number of nitrogens with zero attached hydrogens (tertiary/aromatic N) is 2. The molecule has 1 aromatic heterocycles. The number of aromatic carboxylic acids is 1. The molecule has 150 valence electrons. The molecule has 8 heteroatoms. The molecule has 0 bridgehead atoms. The maximum Gasteiger partial charge on any atom is 0.329 e. The van der Waals surface area contributed by atoms with Crippen LogP contribution in [0.3, 0.4) is 0 Å². The third-order valence-electron chi connectivity index (χ3n) is 4.68. The molecule has 4 rings (SSSR count). The summed E-state index contributed by atoms with van der Waals surface area (Å²) >= 11 is 0. The Hall–Kier alpha value is -4.20. The molecule has 3 amide bonds. The fourth-order valence-corrected chi connectivity index (χ4v) is 3.19. The fourth-order valence-electron chi connectivity index (χ4n) is 3.19. The summed E-state index contributed by atoms with van der Waals surface area (Å²) in [6.45, 7) is -0.191. The lowest BCUT2D eigenvalue weighted by Crippen LogP contribution is -2.30. The Morgan fingerprint density at radius 1 is 1.07 bits per heavy atom. The van der Waals surface area contributed by atoms with Crippen LogP contribution in [-0.2, 0) is 11.3 Å². The van der Waals surface area contributed by atoms with Crippen molar-refractivity contribution >= 4 is 24.0 Å². The molecular formula is C22H15FN3O4-. The van der Waals surface area contributed by atoms with Gasteiger partial charge in [0.15, 0.2) is 0 Å². The Bertz CT molecular complexity index is 1200. The van der Waals surface area contributed by atoms with Crippen LogP contribution >= 0.6 is 0 Å². The number of amides is 3. The van der Waals surface area contributed by atoms with E-state index in [-0.39, 0.29) is 23.4 Å². The van der Waals surface area contributed by atoms with Gasteiger partial charge in [-0.3, -0.25) is 9.69 Å². The van der Waals surface area contributed by atoms with Gasteiger partial charge in [0.1, 0.15) is 11.5 Å². The molecule has 1 fully saturated rings. The minimum atomic E-state index is -1.30. The number of rotatable bonds is 5. The smallest absolute Gasteiger partial charge is 0.329 e. The van der Waals surface area contributed by atoms with Crippen LogP contribution in [0.4, 0.5) is 9.18 Å². The monoisotopic (exact) mass is 404 g/mol. The summed E-state index contributed by atoms with van der Waals surface area (Å²) in [5, 5.41) is 13.6. The number of urea groups is 1. The van der Waals surface area contributed by atoms with Crippen molar-refractivity contribution in [2.75, 3.05) is 0 Å². The number of imide groups is 1. The van der Waals surface area contributed by atoms with Crippen molar-refractivity contribution in [2.24, 2.45) is 0 Å². The van der Waals surface area contributed by atoms with Gasteiger partial charge >= 0.3 is 6.03 Å². The summed E-state index contributed by atoms with van der Waals surface area (Å²) < 4.78 is 15.6. The molecule has 3 aromatic rings. The van der Waals surface area contributed by atoms with Gasteiger partial charge in [0.05, 0.1) is 12.5 Å². The second-order valence-electron chi connectivity index (χ2n) is 6.61. The number of benzene rings is 2. The number of carbonyl (C=O) groups excluding carboxylic acids is 3. The van der Waals surface area contributed by atoms with Crippen molar-refractivity contribution in [1.29, 1.82) is 0 Å². The van der Waals surface area contributed by atoms with Crippen molar-refractivity contribution in [3.05, 3.63) is 95.2 Å². The van der Waals surface area contributed by atoms with Crippen LogP contribution in [0.1, 0.15) is 21.6 Å². The molecule has 0 atom stereocenters. The Labute approximate surface area is 170 Å². The lowest BCUT2D eigenvalue weighted by atomic mass is 10.2. The second kappa shape index (κ2) is 7.67. The van der Waals surface area contributed by atoms with Gasteiger partial charge in [-0.1, -0.05) is 30.3 Å².